The number of benzene rings is 1. The highest BCUT2D eigenvalue weighted by Gasteiger charge is 2.10. The molecule has 0 saturated heterocycles. The maximum atomic E-state index is 9.35. The molecule has 1 aromatic carbocycles. The van der Waals surface area contributed by atoms with Crippen molar-refractivity contribution in [1.82, 2.24) is 20.1 Å². The predicted molar refractivity (Wildman–Crippen MR) is 64.4 cm³/mol. The number of phenols is 1. The number of aromatic nitrogens is 3. The number of rotatable bonds is 4. The lowest BCUT2D eigenvalue weighted by molar-refractivity contribution is 0.472. The highest BCUT2D eigenvalue weighted by Crippen LogP contribution is 2.13. The maximum absolute atomic E-state index is 9.35. The van der Waals surface area contributed by atoms with E-state index < -0.39 is 0 Å². The first-order valence-corrected chi connectivity index (χ1v) is 5.52. The van der Waals surface area contributed by atoms with Crippen molar-refractivity contribution in [2.75, 3.05) is 0 Å². The van der Waals surface area contributed by atoms with E-state index in [0.717, 1.165) is 11.4 Å². The van der Waals surface area contributed by atoms with Gasteiger partial charge >= 0.3 is 0 Å². The minimum Gasteiger partial charge on any atom is -0.508 e. The summed E-state index contributed by atoms with van der Waals surface area (Å²) in [6.07, 6.45) is 1.68. The zero-order valence-corrected chi connectivity index (χ0v) is 9.96. The smallest absolute Gasteiger partial charge is 0.149 e. The summed E-state index contributed by atoms with van der Waals surface area (Å²) in [5.74, 6) is 1.18. The van der Waals surface area contributed by atoms with Crippen molar-refractivity contribution in [3.05, 3.63) is 42.0 Å². The van der Waals surface area contributed by atoms with Crippen molar-refractivity contribution >= 4 is 0 Å². The summed E-state index contributed by atoms with van der Waals surface area (Å²) in [4.78, 5) is 0. The normalized spacial score (nSPS) is 12.6. The topological polar surface area (TPSA) is 63.0 Å². The summed E-state index contributed by atoms with van der Waals surface area (Å²) < 4.78 is 1.89. The summed E-state index contributed by atoms with van der Waals surface area (Å²) in [5, 5.41) is 20.6. The van der Waals surface area contributed by atoms with Crippen LogP contribution in [0.5, 0.6) is 5.75 Å². The van der Waals surface area contributed by atoms with Crippen LogP contribution in [-0.4, -0.2) is 19.9 Å². The summed E-state index contributed by atoms with van der Waals surface area (Å²) in [5.41, 5.74) is 1.04. The molecule has 1 heterocycles. The first kappa shape index (κ1) is 11.6. The first-order valence-electron chi connectivity index (χ1n) is 5.52. The Kier molecular flexibility index (Phi) is 3.39. The molecule has 1 atom stereocenters. The molecule has 5 heteroatoms. The van der Waals surface area contributed by atoms with Crippen molar-refractivity contribution in [3.63, 3.8) is 0 Å². The van der Waals surface area contributed by atoms with E-state index in [1.165, 1.54) is 0 Å². The third-order valence-electron chi connectivity index (χ3n) is 2.66. The largest absolute Gasteiger partial charge is 0.508 e. The van der Waals surface area contributed by atoms with Crippen LogP contribution in [0.2, 0.25) is 0 Å². The number of aromatic hydroxyl groups is 1. The second kappa shape index (κ2) is 4.97. The van der Waals surface area contributed by atoms with Crippen LogP contribution in [0.1, 0.15) is 24.4 Å². The molecule has 0 aliphatic carbocycles. The Hall–Kier alpha value is -1.88. The third-order valence-corrected chi connectivity index (χ3v) is 2.66. The molecular weight excluding hydrogens is 216 g/mol. The Morgan fingerprint density at radius 3 is 2.94 bits per heavy atom. The molecule has 5 nitrogen and oxygen atoms in total. The molecule has 0 aliphatic rings. The van der Waals surface area contributed by atoms with E-state index in [2.05, 4.69) is 15.5 Å². The van der Waals surface area contributed by atoms with Gasteiger partial charge in [-0.05, 0) is 24.6 Å². The summed E-state index contributed by atoms with van der Waals surface area (Å²) in [6, 6.07) is 7.33. The average molecular weight is 232 g/mol. The highest BCUT2D eigenvalue weighted by molar-refractivity contribution is 5.27. The molecule has 90 valence electrons. The quantitative estimate of drug-likeness (QED) is 0.835. The molecule has 1 aromatic heterocycles. The van der Waals surface area contributed by atoms with Gasteiger partial charge in [0, 0.05) is 13.6 Å². The Balaban J connectivity index is 1.97. The Bertz CT molecular complexity index is 495. The van der Waals surface area contributed by atoms with Crippen LogP contribution >= 0.6 is 0 Å². The zero-order valence-electron chi connectivity index (χ0n) is 9.96. The first-order chi connectivity index (χ1) is 8.16. The SMILES string of the molecule is CC(NCc1cccc(O)c1)c1nncn1C. The van der Waals surface area contributed by atoms with Crippen LogP contribution in [0, 0.1) is 0 Å². The minimum atomic E-state index is 0.116. The number of phenolic OH excluding ortho intramolecular Hbond substituents is 1. The minimum absolute atomic E-state index is 0.116. The van der Waals surface area contributed by atoms with Gasteiger partial charge < -0.3 is 15.0 Å². The van der Waals surface area contributed by atoms with E-state index in [1.807, 2.05) is 30.7 Å². The molecule has 2 N–H and O–H groups in total. The molecule has 0 amide bonds. The molecule has 0 spiro atoms. The molecule has 17 heavy (non-hydrogen) atoms. The van der Waals surface area contributed by atoms with Gasteiger partial charge in [0.2, 0.25) is 0 Å². The zero-order chi connectivity index (χ0) is 12.3. The van der Waals surface area contributed by atoms with Gasteiger partial charge in [-0.3, -0.25) is 0 Å². The summed E-state index contributed by atoms with van der Waals surface area (Å²) >= 11 is 0. The van der Waals surface area contributed by atoms with Crippen LogP contribution in [0.25, 0.3) is 0 Å². The third kappa shape index (κ3) is 2.82. The fourth-order valence-corrected chi connectivity index (χ4v) is 1.71. The lowest BCUT2D eigenvalue weighted by Gasteiger charge is -2.12. The van der Waals surface area contributed by atoms with Gasteiger partial charge in [-0.25, -0.2) is 0 Å². The lowest BCUT2D eigenvalue weighted by Crippen LogP contribution is -2.21. The van der Waals surface area contributed by atoms with Crippen LogP contribution in [0.4, 0.5) is 0 Å². The standard InChI is InChI=1S/C12H16N4O/c1-9(12-15-14-8-16(12)2)13-7-10-4-3-5-11(17)6-10/h3-6,8-9,13,17H,7H2,1-2H3. The van der Waals surface area contributed by atoms with Crippen molar-refractivity contribution in [2.45, 2.75) is 19.5 Å². The summed E-state index contributed by atoms with van der Waals surface area (Å²) in [7, 11) is 1.92. The van der Waals surface area contributed by atoms with E-state index in [0.29, 0.717) is 6.54 Å². The maximum Gasteiger partial charge on any atom is 0.149 e. The van der Waals surface area contributed by atoms with Gasteiger partial charge in [-0.1, -0.05) is 12.1 Å². The highest BCUT2D eigenvalue weighted by atomic mass is 16.3. The van der Waals surface area contributed by atoms with Gasteiger partial charge in [0.15, 0.2) is 0 Å². The molecule has 0 fully saturated rings. The van der Waals surface area contributed by atoms with Gasteiger partial charge in [-0.15, -0.1) is 10.2 Å². The van der Waals surface area contributed by atoms with Crippen LogP contribution < -0.4 is 5.32 Å². The Morgan fingerprint density at radius 2 is 2.29 bits per heavy atom. The van der Waals surface area contributed by atoms with E-state index in [4.69, 9.17) is 0 Å². The molecule has 2 aromatic rings. The molecule has 1 unspecified atom stereocenters. The summed E-state index contributed by atoms with van der Waals surface area (Å²) in [6.45, 7) is 2.72. The van der Waals surface area contributed by atoms with Crippen molar-refractivity contribution in [3.8, 4) is 5.75 Å². The number of nitrogens with one attached hydrogen (secondary N) is 1. The molecule has 0 bridgehead atoms. The monoisotopic (exact) mass is 232 g/mol. The molecule has 0 radical (unpaired) electrons. The van der Waals surface area contributed by atoms with Crippen LogP contribution in [0.3, 0.4) is 0 Å². The second-order valence-corrected chi connectivity index (χ2v) is 4.07. The van der Waals surface area contributed by atoms with E-state index >= 15 is 0 Å². The van der Waals surface area contributed by atoms with E-state index in [1.54, 1.807) is 18.5 Å². The molecule has 2 rings (SSSR count). The molecular formula is C12H16N4O. The second-order valence-electron chi connectivity index (χ2n) is 4.07. The van der Waals surface area contributed by atoms with E-state index in [-0.39, 0.29) is 11.8 Å². The Labute approximate surface area is 100 Å². The van der Waals surface area contributed by atoms with Crippen molar-refractivity contribution in [1.29, 1.82) is 0 Å². The fraction of sp³-hybridized carbons (Fsp3) is 0.333. The van der Waals surface area contributed by atoms with Gasteiger partial charge in [0.1, 0.15) is 17.9 Å². The number of hydrogen-bond donors (Lipinski definition) is 2. The lowest BCUT2D eigenvalue weighted by atomic mass is 10.2. The van der Waals surface area contributed by atoms with Gasteiger partial charge in [0.05, 0.1) is 6.04 Å². The van der Waals surface area contributed by atoms with Gasteiger partial charge in [-0.2, -0.15) is 0 Å². The van der Waals surface area contributed by atoms with Crippen LogP contribution in [0.15, 0.2) is 30.6 Å². The number of nitrogens with zero attached hydrogens (tertiary/aromatic N) is 3. The van der Waals surface area contributed by atoms with Crippen molar-refractivity contribution in [2.24, 2.45) is 7.05 Å². The number of hydrogen-bond acceptors (Lipinski definition) is 4. The molecule has 0 aliphatic heterocycles. The predicted octanol–water partition coefficient (Wildman–Crippen LogP) is 1.37. The fourth-order valence-electron chi connectivity index (χ4n) is 1.71. The van der Waals surface area contributed by atoms with Gasteiger partial charge in [0.25, 0.3) is 0 Å². The number of aryl methyl sites for hydroxylation is 1. The average Bonchev–Trinajstić information content (AvgIpc) is 2.72. The van der Waals surface area contributed by atoms with E-state index in [9.17, 15) is 5.11 Å². The van der Waals surface area contributed by atoms with Crippen LogP contribution in [-0.2, 0) is 13.6 Å². The molecule has 0 saturated carbocycles. The Morgan fingerprint density at radius 1 is 1.47 bits per heavy atom. The van der Waals surface area contributed by atoms with Crippen molar-refractivity contribution < 1.29 is 5.11 Å².